The van der Waals surface area contributed by atoms with E-state index in [1.54, 1.807) is 6.20 Å². The molecule has 0 spiro atoms. The zero-order valence-electron chi connectivity index (χ0n) is 15.7. The number of hydrogen-bond donors (Lipinski definition) is 2. The van der Waals surface area contributed by atoms with Crippen LogP contribution in [0.25, 0.3) is 11.2 Å². The van der Waals surface area contributed by atoms with Crippen molar-refractivity contribution in [3.8, 4) is 0 Å². The lowest BCUT2D eigenvalue weighted by molar-refractivity contribution is 0.168. The largest absolute Gasteiger partial charge is 0.395 e. The van der Waals surface area contributed by atoms with Gasteiger partial charge in [0.25, 0.3) is 0 Å². The smallest absolute Gasteiger partial charge is 0.205 e. The number of β-amino-alcohol motifs (C(OH)–C–C–N with tert-alkyl or cyclic N) is 1. The lowest BCUT2D eigenvalue weighted by Gasteiger charge is -2.32. The maximum atomic E-state index is 9.11. The number of nitrogens with one attached hydrogen (secondary N) is 1. The summed E-state index contributed by atoms with van der Waals surface area (Å²) in [7, 11) is 0. The number of fused-ring (bicyclic) bond motifs is 1. The van der Waals surface area contributed by atoms with Crippen LogP contribution in [-0.4, -0.2) is 61.8 Å². The molecule has 1 aliphatic rings. The van der Waals surface area contributed by atoms with Gasteiger partial charge in [0.15, 0.2) is 5.65 Å². The molecular formula is C20H26N6O. The van der Waals surface area contributed by atoms with Gasteiger partial charge in [-0.2, -0.15) is 0 Å². The molecule has 1 fully saturated rings. The second-order valence-corrected chi connectivity index (χ2v) is 7.12. The van der Waals surface area contributed by atoms with Gasteiger partial charge in [-0.15, -0.1) is 0 Å². The zero-order valence-corrected chi connectivity index (χ0v) is 15.7. The number of pyridine rings is 2. The van der Waals surface area contributed by atoms with Crippen LogP contribution in [0, 0.1) is 6.92 Å². The molecule has 0 atom stereocenters. The van der Waals surface area contributed by atoms with Crippen LogP contribution in [0.1, 0.15) is 24.2 Å². The monoisotopic (exact) mass is 366 g/mol. The highest BCUT2D eigenvalue weighted by Gasteiger charge is 2.21. The minimum Gasteiger partial charge on any atom is -0.395 e. The zero-order chi connectivity index (χ0) is 18.6. The normalized spacial score (nSPS) is 16.1. The van der Waals surface area contributed by atoms with Gasteiger partial charge in [0, 0.05) is 37.6 Å². The van der Waals surface area contributed by atoms with E-state index in [9.17, 15) is 0 Å². The second-order valence-electron chi connectivity index (χ2n) is 7.12. The van der Waals surface area contributed by atoms with Crippen LogP contribution in [0.15, 0.2) is 36.5 Å². The summed E-state index contributed by atoms with van der Waals surface area (Å²) >= 11 is 0. The number of anilines is 1. The highest BCUT2D eigenvalue weighted by Crippen LogP contribution is 2.22. The van der Waals surface area contributed by atoms with Crippen molar-refractivity contribution in [2.45, 2.75) is 32.4 Å². The Kier molecular flexibility index (Phi) is 5.31. The summed E-state index contributed by atoms with van der Waals surface area (Å²) in [6.07, 6.45) is 3.89. The van der Waals surface area contributed by atoms with Crippen molar-refractivity contribution >= 4 is 17.1 Å². The van der Waals surface area contributed by atoms with Crippen LogP contribution in [0.2, 0.25) is 0 Å². The summed E-state index contributed by atoms with van der Waals surface area (Å²) in [5.74, 6) is 0.854. The van der Waals surface area contributed by atoms with E-state index in [1.165, 1.54) is 0 Å². The Hall–Kier alpha value is -2.51. The Morgan fingerprint density at radius 1 is 1.15 bits per heavy atom. The first-order chi connectivity index (χ1) is 13.2. The van der Waals surface area contributed by atoms with Gasteiger partial charge in [-0.05, 0) is 44.0 Å². The predicted octanol–water partition coefficient (Wildman–Crippen LogP) is 2.05. The van der Waals surface area contributed by atoms with E-state index in [-0.39, 0.29) is 6.61 Å². The van der Waals surface area contributed by atoms with Crippen molar-refractivity contribution < 1.29 is 5.11 Å². The summed E-state index contributed by atoms with van der Waals surface area (Å²) in [5.41, 5.74) is 3.78. The van der Waals surface area contributed by atoms with Gasteiger partial charge in [-0.1, -0.05) is 6.07 Å². The Balaban J connectivity index is 1.57. The summed E-state index contributed by atoms with van der Waals surface area (Å²) in [4.78, 5) is 16.3. The molecule has 4 heterocycles. The van der Waals surface area contributed by atoms with Crippen LogP contribution in [0.4, 0.5) is 5.95 Å². The molecule has 7 nitrogen and oxygen atoms in total. The van der Waals surface area contributed by atoms with Gasteiger partial charge < -0.3 is 15.3 Å². The first-order valence-corrected chi connectivity index (χ1v) is 9.56. The molecule has 0 unspecified atom stereocenters. The molecule has 142 valence electrons. The molecule has 1 saturated heterocycles. The van der Waals surface area contributed by atoms with Crippen LogP contribution in [0.5, 0.6) is 0 Å². The van der Waals surface area contributed by atoms with Gasteiger partial charge in [-0.3, -0.25) is 9.55 Å². The average Bonchev–Trinajstić information content (AvgIpc) is 3.01. The van der Waals surface area contributed by atoms with Crippen molar-refractivity contribution in [3.05, 3.63) is 47.9 Å². The topological polar surface area (TPSA) is 79.1 Å². The third kappa shape index (κ3) is 4.09. The maximum Gasteiger partial charge on any atom is 0.205 e. The third-order valence-electron chi connectivity index (χ3n) is 5.11. The number of aliphatic hydroxyl groups excluding tert-OH is 1. The van der Waals surface area contributed by atoms with Crippen molar-refractivity contribution in [2.75, 3.05) is 31.6 Å². The van der Waals surface area contributed by atoms with Crippen LogP contribution < -0.4 is 5.32 Å². The Bertz CT molecular complexity index is 900. The van der Waals surface area contributed by atoms with Crippen molar-refractivity contribution in [2.24, 2.45) is 0 Å². The summed E-state index contributed by atoms with van der Waals surface area (Å²) in [6, 6.07) is 10.4. The molecule has 0 radical (unpaired) electrons. The molecular weight excluding hydrogens is 340 g/mol. The number of hydrogen-bond acceptors (Lipinski definition) is 6. The molecule has 3 aromatic rings. The number of likely N-dealkylation sites (tertiary alicyclic amines) is 1. The second kappa shape index (κ2) is 8.02. The number of nitrogens with zero attached hydrogens (tertiary/aromatic N) is 5. The minimum absolute atomic E-state index is 0.225. The van der Waals surface area contributed by atoms with E-state index in [0.717, 1.165) is 61.0 Å². The molecule has 0 aromatic carbocycles. The predicted molar refractivity (Wildman–Crippen MR) is 106 cm³/mol. The van der Waals surface area contributed by atoms with Gasteiger partial charge in [0.05, 0.1) is 18.8 Å². The highest BCUT2D eigenvalue weighted by atomic mass is 16.3. The first-order valence-electron chi connectivity index (χ1n) is 9.56. The van der Waals surface area contributed by atoms with Crippen LogP contribution >= 0.6 is 0 Å². The van der Waals surface area contributed by atoms with Crippen LogP contribution in [0.3, 0.4) is 0 Å². The van der Waals surface area contributed by atoms with Gasteiger partial charge in [0.1, 0.15) is 5.52 Å². The lowest BCUT2D eigenvalue weighted by atomic mass is 10.1. The fourth-order valence-electron chi connectivity index (χ4n) is 3.69. The standard InChI is InChI=1S/C20H26N6O/c1-15-4-2-5-17(22-15)14-26-19-18(6-3-9-21-19)24-20(26)23-16-7-10-25(11-8-16)12-13-27/h2-6,9,16,27H,7-8,10-14H2,1H3,(H,23,24). The molecule has 0 amide bonds. The van der Waals surface area contributed by atoms with E-state index in [2.05, 4.69) is 24.8 Å². The van der Waals surface area contributed by atoms with E-state index in [0.29, 0.717) is 12.6 Å². The lowest BCUT2D eigenvalue weighted by Crippen LogP contribution is -2.40. The fraction of sp³-hybridized carbons (Fsp3) is 0.450. The van der Waals surface area contributed by atoms with E-state index >= 15 is 0 Å². The minimum atomic E-state index is 0.225. The van der Waals surface area contributed by atoms with Gasteiger partial charge in [0.2, 0.25) is 5.95 Å². The SMILES string of the molecule is Cc1cccc(Cn2c(NC3CCN(CCO)CC3)nc3cccnc32)n1. The molecule has 2 N–H and O–H groups in total. The quantitative estimate of drug-likeness (QED) is 0.695. The molecule has 1 aliphatic heterocycles. The molecule has 0 aliphatic carbocycles. The van der Waals surface area contributed by atoms with Crippen molar-refractivity contribution in [3.63, 3.8) is 0 Å². The van der Waals surface area contributed by atoms with Crippen LogP contribution in [-0.2, 0) is 6.54 Å². The number of piperidine rings is 1. The number of aromatic nitrogens is 4. The van der Waals surface area contributed by atoms with Gasteiger partial charge >= 0.3 is 0 Å². The van der Waals surface area contributed by atoms with E-state index in [1.807, 2.05) is 37.3 Å². The van der Waals surface area contributed by atoms with E-state index in [4.69, 9.17) is 10.1 Å². The summed E-state index contributed by atoms with van der Waals surface area (Å²) in [5, 5.41) is 12.7. The first kappa shape index (κ1) is 17.9. The molecule has 4 rings (SSSR count). The Labute approximate surface area is 159 Å². The maximum absolute atomic E-state index is 9.11. The molecule has 0 saturated carbocycles. The molecule has 0 bridgehead atoms. The highest BCUT2D eigenvalue weighted by molar-refractivity contribution is 5.74. The Morgan fingerprint density at radius 2 is 2.00 bits per heavy atom. The van der Waals surface area contributed by atoms with Crippen molar-refractivity contribution in [1.82, 2.24) is 24.4 Å². The number of aliphatic hydroxyl groups is 1. The number of rotatable bonds is 6. The molecule has 7 heteroatoms. The average molecular weight is 366 g/mol. The summed E-state index contributed by atoms with van der Waals surface area (Å²) < 4.78 is 2.12. The Morgan fingerprint density at radius 3 is 2.78 bits per heavy atom. The third-order valence-corrected chi connectivity index (χ3v) is 5.11. The fourth-order valence-corrected chi connectivity index (χ4v) is 3.69. The number of imidazole rings is 1. The molecule has 3 aromatic heterocycles. The van der Waals surface area contributed by atoms with Gasteiger partial charge in [-0.25, -0.2) is 9.97 Å². The summed E-state index contributed by atoms with van der Waals surface area (Å²) in [6.45, 7) is 5.62. The van der Waals surface area contributed by atoms with E-state index < -0.39 is 0 Å². The number of aryl methyl sites for hydroxylation is 1. The van der Waals surface area contributed by atoms with Crippen molar-refractivity contribution in [1.29, 1.82) is 0 Å². The molecule has 27 heavy (non-hydrogen) atoms.